The largest absolute Gasteiger partial charge is 0.391 e. The monoisotopic (exact) mass is 1210 g/mol. The fourth-order valence-corrected chi connectivity index (χ4v) is 9.76. The van der Waals surface area contributed by atoms with Crippen LogP contribution >= 0.6 is 0 Å². The third kappa shape index (κ3) is 30.9. The lowest BCUT2D eigenvalue weighted by atomic mass is 9.97. The third-order valence-electron chi connectivity index (χ3n) is 15.0. The van der Waals surface area contributed by atoms with Crippen LogP contribution in [0.1, 0.15) is 190 Å². The fourth-order valence-electron chi connectivity index (χ4n) is 9.76. The molecule has 0 saturated carbocycles. The Kier molecular flexibility index (Phi) is 39.2. The quantitative estimate of drug-likeness (QED) is 0.0416. The summed E-state index contributed by atoms with van der Waals surface area (Å²) in [5.74, 6) is -8.50. The van der Waals surface area contributed by atoms with Crippen LogP contribution in [0.3, 0.4) is 0 Å². The average molecular weight is 1210 g/mol. The van der Waals surface area contributed by atoms with Crippen LogP contribution in [0.5, 0.6) is 0 Å². The van der Waals surface area contributed by atoms with E-state index in [9.17, 15) is 53.1 Å². The van der Waals surface area contributed by atoms with E-state index in [-0.39, 0.29) is 82.3 Å². The first-order valence-electron chi connectivity index (χ1n) is 31.6. The van der Waals surface area contributed by atoms with Crippen molar-refractivity contribution in [3.8, 4) is 0 Å². The Hall–Kier alpha value is -6.24. The van der Waals surface area contributed by atoms with Crippen LogP contribution in [0, 0.1) is 23.7 Å². The molecule has 0 bridgehead atoms. The number of carbonyl (C=O) groups excluding carboxylic acids is 10. The molecule has 0 aliphatic carbocycles. The minimum absolute atomic E-state index is 0.0559. The number of amides is 10. The highest BCUT2D eigenvalue weighted by Crippen LogP contribution is 2.16. The molecule has 18 N–H and O–H groups in total. The minimum atomic E-state index is -1.43. The van der Waals surface area contributed by atoms with E-state index < -0.39 is 125 Å². The standard InChI is InChI=1S/C62H111N13O11/c1-11-13-14-15-16-17-18-19-20-21-25-28-50(77)67-44(29-32-63)56(80)74-52(41(9)12-2)62(86)69-45(30-33-64)55(79)71-49(37-43-26-23-22-24-27-43)59(83)70-47(35-38(3)4)58(82)68-46(31-34-65)57(81)73-51(40(7)8)61(85)72-48(36-39(5)6)60(84)75-53(42(10)76)54(66)78/h22-24,26-27,38-42,44-49,51-53,76H,11-21,25,28-37,63-65H2,1-10H3,(H2,66,78)(H,67,77)(H,68,82)(H,69,86)(H,70,83)(H,71,79)(H,72,85)(H,73,81)(H,74,80)(H,75,84)/t41-,42+,44-,45-,46-,47-,48-,49+,51+,52-,53-/m0/s1. The topological polar surface area (TPSA) is 403 Å². The van der Waals surface area contributed by atoms with Crippen molar-refractivity contribution in [2.45, 2.75) is 252 Å². The van der Waals surface area contributed by atoms with E-state index in [0.29, 0.717) is 18.4 Å². The van der Waals surface area contributed by atoms with Crippen molar-refractivity contribution < 1.29 is 53.1 Å². The number of aliphatic hydroxyl groups excluding tert-OH is 1. The number of primary amides is 1. The number of rotatable bonds is 46. The number of aliphatic hydroxyl groups is 1. The Labute approximate surface area is 512 Å². The Bertz CT molecular complexity index is 2220. The fraction of sp³-hybridized carbons (Fsp3) is 0.742. The first-order valence-corrected chi connectivity index (χ1v) is 31.6. The Balaban J connectivity index is 3.36. The van der Waals surface area contributed by atoms with Crippen molar-refractivity contribution in [2.24, 2.45) is 46.6 Å². The Morgan fingerprint density at radius 1 is 0.430 bits per heavy atom. The molecule has 490 valence electrons. The smallest absolute Gasteiger partial charge is 0.243 e. The molecule has 0 unspecified atom stereocenters. The van der Waals surface area contributed by atoms with E-state index in [1.807, 2.05) is 34.6 Å². The molecule has 0 radical (unpaired) electrons. The highest BCUT2D eigenvalue weighted by Gasteiger charge is 2.37. The number of nitrogens with two attached hydrogens (primary N) is 4. The molecule has 11 atom stereocenters. The van der Waals surface area contributed by atoms with Crippen LogP contribution in [-0.2, 0) is 54.4 Å². The summed E-state index contributed by atoms with van der Waals surface area (Å²) in [5.41, 5.74) is 23.9. The van der Waals surface area contributed by atoms with Crippen LogP contribution in [0.25, 0.3) is 0 Å². The van der Waals surface area contributed by atoms with Crippen LogP contribution in [0.4, 0.5) is 0 Å². The SMILES string of the molecule is CCCCCCCCCCCCCC(=O)N[C@@H](CCN)C(=O)N[C@H](C(=O)N[C@@H](CCN)C(=O)N[C@H](Cc1ccccc1)C(=O)N[C@@H](CC(C)C)C(=O)N[C@@H](CCN)C(=O)N[C@@H](C(=O)N[C@@H](CC(C)C)C(=O)N[C@H](C(N)=O)[C@@H](C)O)C(C)C)[C@@H](C)CC. The molecule has 0 heterocycles. The maximum Gasteiger partial charge on any atom is 0.243 e. The van der Waals surface area contributed by atoms with Gasteiger partial charge in [0.25, 0.3) is 0 Å². The maximum atomic E-state index is 14.5. The predicted octanol–water partition coefficient (Wildman–Crippen LogP) is 2.00. The zero-order valence-electron chi connectivity index (χ0n) is 53.4. The van der Waals surface area contributed by atoms with Gasteiger partial charge >= 0.3 is 0 Å². The van der Waals surface area contributed by atoms with Crippen molar-refractivity contribution in [1.29, 1.82) is 0 Å². The van der Waals surface area contributed by atoms with Gasteiger partial charge in [0.15, 0.2) is 0 Å². The number of nitrogens with one attached hydrogen (secondary N) is 9. The lowest BCUT2D eigenvalue weighted by Crippen LogP contribution is -2.62. The van der Waals surface area contributed by atoms with Gasteiger partial charge in [-0.25, -0.2) is 0 Å². The molecule has 0 aromatic heterocycles. The number of carbonyl (C=O) groups is 10. The molecule has 10 amide bonds. The number of benzene rings is 1. The zero-order valence-corrected chi connectivity index (χ0v) is 53.4. The van der Waals surface area contributed by atoms with Crippen LogP contribution < -0.4 is 70.8 Å². The summed E-state index contributed by atoms with van der Waals surface area (Å²) in [5, 5.41) is 34.4. The molecule has 0 fully saturated rings. The summed E-state index contributed by atoms with van der Waals surface area (Å²) in [6.45, 7) is 17.6. The molecule has 24 heteroatoms. The minimum Gasteiger partial charge on any atom is -0.391 e. The number of unbranched alkanes of at least 4 members (excludes halogenated alkanes) is 10. The second kappa shape index (κ2) is 43.4. The normalized spacial score (nSPS) is 15.3. The molecule has 0 saturated heterocycles. The zero-order chi connectivity index (χ0) is 64.9. The molecule has 24 nitrogen and oxygen atoms in total. The van der Waals surface area contributed by atoms with E-state index >= 15 is 0 Å². The molecular formula is C62H111N13O11. The maximum absolute atomic E-state index is 14.5. The van der Waals surface area contributed by atoms with Crippen molar-refractivity contribution in [1.82, 2.24) is 47.9 Å². The Morgan fingerprint density at radius 3 is 1.23 bits per heavy atom. The van der Waals surface area contributed by atoms with E-state index in [1.54, 1.807) is 51.1 Å². The first-order chi connectivity index (χ1) is 40.7. The van der Waals surface area contributed by atoms with Gasteiger partial charge in [-0.1, -0.05) is 163 Å². The average Bonchev–Trinajstić information content (AvgIpc) is 3.63. The number of hydrogen-bond acceptors (Lipinski definition) is 14. The summed E-state index contributed by atoms with van der Waals surface area (Å²) in [6, 6.07) is -2.46. The van der Waals surface area contributed by atoms with Gasteiger partial charge in [0.1, 0.15) is 54.4 Å². The van der Waals surface area contributed by atoms with Gasteiger partial charge < -0.3 is 75.9 Å². The summed E-state index contributed by atoms with van der Waals surface area (Å²) in [6.07, 6.45) is 11.9. The third-order valence-corrected chi connectivity index (χ3v) is 15.0. The second-order valence-electron chi connectivity index (χ2n) is 24.1. The van der Waals surface area contributed by atoms with Crippen molar-refractivity contribution in [3.05, 3.63) is 35.9 Å². The molecule has 0 aliphatic heterocycles. The second-order valence-corrected chi connectivity index (χ2v) is 24.1. The van der Waals surface area contributed by atoms with Crippen LogP contribution in [0.15, 0.2) is 30.3 Å². The lowest BCUT2D eigenvalue weighted by molar-refractivity contribution is -0.137. The van der Waals surface area contributed by atoms with Gasteiger partial charge in [-0.15, -0.1) is 0 Å². The van der Waals surface area contributed by atoms with E-state index in [0.717, 1.165) is 19.3 Å². The van der Waals surface area contributed by atoms with Gasteiger partial charge in [0.05, 0.1) is 6.10 Å². The van der Waals surface area contributed by atoms with Gasteiger partial charge in [0.2, 0.25) is 59.1 Å². The Morgan fingerprint density at radius 2 is 0.791 bits per heavy atom. The van der Waals surface area contributed by atoms with Crippen molar-refractivity contribution in [2.75, 3.05) is 19.6 Å². The van der Waals surface area contributed by atoms with Crippen molar-refractivity contribution in [3.63, 3.8) is 0 Å². The van der Waals surface area contributed by atoms with Crippen molar-refractivity contribution >= 4 is 59.1 Å². The van der Waals surface area contributed by atoms with Crippen LogP contribution in [0.2, 0.25) is 0 Å². The highest BCUT2D eigenvalue weighted by atomic mass is 16.3. The summed E-state index contributed by atoms with van der Waals surface area (Å²) < 4.78 is 0. The molecule has 1 aromatic rings. The van der Waals surface area contributed by atoms with Gasteiger partial charge in [-0.3, -0.25) is 47.9 Å². The molecule has 0 spiro atoms. The summed E-state index contributed by atoms with van der Waals surface area (Å²) >= 11 is 0. The molecule has 1 aromatic carbocycles. The number of hydrogen-bond donors (Lipinski definition) is 14. The van der Waals surface area contributed by atoms with Crippen LogP contribution in [-0.4, -0.2) is 144 Å². The summed E-state index contributed by atoms with van der Waals surface area (Å²) in [7, 11) is 0. The van der Waals surface area contributed by atoms with E-state index in [2.05, 4.69) is 54.8 Å². The predicted molar refractivity (Wildman–Crippen MR) is 334 cm³/mol. The van der Waals surface area contributed by atoms with Gasteiger partial charge in [-0.2, -0.15) is 0 Å². The van der Waals surface area contributed by atoms with Gasteiger partial charge in [-0.05, 0) is 94.3 Å². The molecular weight excluding hydrogens is 1100 g/mol. The van der Waals surface area contributed by atoms with E-state index in [4.69, 9.17) is 22.9 Å². The van der Waals surface area contributed by atoms with E-state index in [1.165, 1.54) is 51.9 Å². The van der Waals surface area contributed by atoms with Gasteiger partial charge in [0, 0.05) is 12.8 Å². The molecule has 86 heavy (non-hydrogen) atoms. The highest BCUT2D eigenvalue weighted by molar-refractivity contribution is 5.98. The molecule has 1 rings (SSSR count). The first kappa shape index (κ1) is 77.8. The summed E-state index contributed by atoms with van der Waals surface area (Å²) in [4.78, 5) is 138. The molecule has 0 aliphatic rings. The lowest BCUT2D eigenvalue weighted by Gasteiger charge is -2.30.